The van der Waals surface area contributed by atoms with Gasteiger partial charge < -0.3 is 5.11 Å². The van der Waals surface area contributed by atoms with Crippen LogP contribution in [-0.2, 0) is 6.42 Å². The Kier molecular flexibility index (Phi) is 3.54. The number of hydrogen-bond acceptors (Lipinski definition) is 3. The highest BCUT2D eigenvalue weighted by Gasteiger charge is 2.15. The first-order valence-corrected chi connectivity index (χ1v) is 6.91. The monoisotopic (exact) mass is 252 g/mol. The molecule has 0 saturated carbocycles. The maximum absolute atomic E-state index is 9.98. The largest absolute Gasteiger partial charge is 0.393 e. The lowest BCUT2D eigenvalue weighted by molar-refractivity contribution is 0.145. The van der Waals surface area contributed by atoms with Crippen molar-refractivity contribution < 1.29 is 5.11 Å². The van der Waals surface area contributed by atoms with Gasteiger partial charge >= 0.3 is 0 Å². The average Bonchev–Trinajstić information content (AvgIpc) is 2.73. The summed E-state index contributed by atoms with van der Waals surface area (Å²) in [7, 11) is 0. The smallest absolute Gasteiger partial charge is 0.193 e. The maximum Gasteiger partial charge on any atom is 0.193 e. The van der Waals surface area contributed by atoms with Gasteiger partial charge in [-0.25, -0.2) is 4.98 Å². The van der Waals surface area contributed by atoms with Crippen LogP contribution < -0.4 is 0 Å². The zero-order valence-corrected chi connectivity index (χ0v) is 11.5. The molecular formula is C13H20N2OS. The number of fused-ring (bicyclic) bond motifs is 1. The minimum atomic E-state index is -0.279. The molecule has 0 spiro atoms. The molecule has 0 aliphatic carbocycles. The van der Waals surface area contributed by atoms with E-state index in [-0.39, 0.29) is 11.5 Å². The summed E-state index contributed by atoms with van der Waals surface area (Å²) in [5.41, 5.74) is 1.27. The van der Waals surface area contributed by atoms with E-state index < -0.39 is 0 Å². The fourth-order valence-electron chi connectivity index (χ4n) is 1.82. The van der Waals surface area contributed by atoms with E-state index in [9.17, 15) is 5.11 Å². The second-order valence-corrected chi connectivity index (χ2v) is 6.66. The summed E-state index contributed by atoms with van der Waals surface area (Å²) in [4.78, 5) is 5.48. The average molecular weight is 252 g/mol. The summed E-state index contributed by atoms with van der Waals surface area (Å²) in [6.07, 6.45) is 6.26. The van der Waals surface area contributed by atoms with E-state index in [0.29, 0.717) is 6.42 Å². The Morgan fingerprint density at radius 1 is 1.47 bits per heavy atom. The molecule has 2 aromatic rings. The summed E-state index contributed by atoms with van der Waals surface area (Å²) in [6.45, 7) is 6.60. The minimum absolute atomic E-state index is 0.279. The van der Waals surface area contributed by atoms with E-state index in [0.717, 1.165) is 23.5 Å². The van der Waals surface area contributed by atoms with Crippen LogP contribution in [0.15, 0.2) is 17.8 Å². The van der Waals surface area contributed by atoms with Crippen molar-refractivity contribution in [3.05, 3.63) is 23.5 Å². The van der Waals surface area contributed by atoms with Crippen LogP contribution in [0.25, 0.3) is 4.96 Å². The van der Waals surface area contributed by atoms with E-state index in [1.54, 1.807) is 11.3 Å². The fourth-order valence-corrected chi connectivity index (χ4v) is 2.54. The van der Waals surface area contributed by atoms with Gasteiger partial charge in [-0.1, -0.05) is 20.8 Å². The standard InChI is InChI=1S/C13H20N2OS/c1-13(2,3)5-4-11(16)8-10-9-15-6-7-17-12(15)14-10/h6-7,9,11,16H,4-5,8H2,1-3H3. The molecule has 0 radical (unpaired) electrons. The van der Waals surface area contributed by atoms with Gasteiger partial charge in [-0.15, -0.1) is 11.3 Å². The van der Waals surface area contributed by atoms with Crippen LogP contribution in [0.4, 0.5) is 0 Å². The molecule has 0 fully saturated rings. The highest BCUT2D eigenvalue weighted by Crippen LogP contribution is 2.22. The molecule has 17 heavy (non-hydrogen) atoms. The lowest BCUT2D eigenvalue weighted by atomic mass is 9.88. The van der Waals surface area contributed by atoms with E-state index >= 15 is 0 Å². The molecule has 94 valence electrons. The zero-order valence-electron chi connectivity index (χ0n) is 10.7. The van der Waals surface area contributed by atoms with Crippen LogP contribution in [0.3, 0.4) is 0 Å². The van der Waals surface area contributed by atoms with Crippen LogP contribution in [0.1, 0.15) is 39.3 Å². The Labute approximate surface area is 106 Å². The number of thiazole rings is 1. The summed E-state index contributed by atoms with van der Waals surface area (Å²) in [5, 5.41) is 12.0. The molecule has 2 heterocycles. The molecule has 1 atom stereocenters. The van der Waals surface area contributed by atoms with Gasteiger partial charge in [0.1, 0.15) is 0 Å². The Morgan fingerprint density at radius 3 is 2.88 bits per heavy atom. The second kappa shape index (κ2) is 4.78. The molecular weight excluding hydrogens is 232 g/mol. The summed E-state index contributed by atoms with van der Waals surface area (Å²) in [6, 6.07) is 0. The molecule has 0 amide bonds. The van der Waals surface area contributed by atoms with Gasteiger partial charge in [0, 0.05) is 24.2 Å². The van der Waals surface area contributed by atoms with Crippen molar-refractivity contribution in [2.75, 3.05) is 0 Å². The van der Waals surface area contributed by atoms with E-state index in [1.807, 2.05) is 22.2 Å². The number of aliphatic hydroxyl groups is 1. The molecule has 2 rings (SSSR count). The maximum atomic E-state index is 9.98. The summed E-state index contributed by atoms with van der Waals surface area (Å²) >= 11 is 1.62. The Bertz CT molecular complexity index is 452. The summed E-state index contributed by atoms with van der Waals surface area (Å²) < 4.78 is 2.01. The Balaban J connectivity index is 1.90. The van der Waals surface area contributed by atoms with Crippen LogP contribution in [0.2, 0.25) is 0 Å². The summed E-state index contributed by atoms with van der Waals surface area (Å²) in [5.74, 6) is 0. The van der Waals surface area contributed by atoms with E-state index in [4.69, 9.17) is 0 Å². The SMILES string of the molecule is CC(C)(C)CCC(O)Cc1cn2ccsc2n1. The third-order valence-corrected chi connectivity index (χ3v) is 3.59. The van der Waals surface area contributed by atoms with Gasteiger partial charge in [-0.3, -0.25) is 4.40 Å². The number of rotatable bonds is 4. The van der Waals surface area contributed by atoms with Gasteiger partial charge in [-0.05, 0) is 18.3 Å². The topological polar surface area (TPSA) is 37.5 Å². The van der Waals surface area contributed by atoms with E-state index in [2.05, 4.69) is 25.8 Å². The lowest BCUT2D eigenvalue weighted by Gasteiger charge is -2.19. The van der Waals surface area contributed by atoms with Crippen molar-refractivity contribution in [1.82, 2.24) is 9.38 Å². The van der Waals surface area contributed by atoms with Gasteiger partial charge in [0.05, 0.1) is 11.8 Å². The van der Waals surface area contributed by atoms with Crippen molar-refractivity contribution in [3.63, 3.8) is 0 Å². The van der Waals surface area contributed by atoms with Crippen LogP contribution in [0, 0.1) is 5.41 Å². The van der Waals surface area contributed by atoms with Crippen molar-refractivity contribution in [3.8, 4) is 0 Å². The normalized spacial score (nSPS) is 14.4. The van der Waals surface area contributed by atoms with Crippen molar-refractivity contribution >= 4 is 16.3 Å². The number of aromatic nitrogens is 2. The molecule has 4 heteroatoms. The first-order chi connectivity index (χ1) is 7.94. The molecule has 0 bridgehead atoms. The predicted molar refractivity (Wildman–Crippen MR) is 71.5 cm³/mol. The second-order valence-electron chi connectivity index (χ2n) is 5.78. The molecule has 0 saturated heterocycles. The third kappa shape index (κ3) is 3.54. The van der Waals surface area contributed by atoms with Gasteiger partial charge in [-0.2, -0.15) is 0 Å². The molecule has 3 nitrogen and oxygen atoms in total. The molecule has 1 N–H and O–H groups in total. The number of imidazole rings is 1. The molecule has 0 aliphatic rings. The highest BCUT2D eigenvalue weighted by molar-refractivity contribution is 7.15. The number of nitrogens with zero attached hydrogens (tertiary/aromatic N) is 2. The minimum Gasteiger partial charge on any atom is -0.393 e. The van der Waals surface area contributed by atoms with Crippen molar-refractivity contribution in [2.45, 2.75) is 46.1 Å². The lowest BCUT2D eigenvalue weighted by Crippen LogP contribution is -2.15. The molecule has 0 aromatic carbocycles. The number of hydrogen-bond donors (Lipinski definition) is 1. The van der Waals surface area contributed by atoms with E-state index in [1.165, 1.54) is 0 Å². The highest BCUT2D eigenvalue weighted by atomic mass is 32.1. The van der Waals surface area contributed by atoms with Crippen molar-refractivity contribution in [1.29, 1.82) is 0 Å². The van der Waals surface area contributed by atoms with Crippen LogP contribution >= 0.6 is 11.3 Å². The van der Waals surface area contributed by atoms with Gasteiger partial charge in [0.25, 0.3) is 0 Å². The zero-order chi connectivity index (χ0) is 12.5. The molecule has 0 aliphatic heterocycles. The fraction of sp³-hybridized carbons (Fsp3) is 0.615. The molecule has 1 unspecified atom stereocenters. The third-order valence-electron chi connectivity index (χ3n) is 2.82. The first-order valence-electron chi connectivity index (χ1n) is 6.03. The Hall–Kier alpha value is -0.870. The van der Waals surface area contributed by atoms with Crippen LogP contribution in [0.5, 0.6) is 0 Å². The molecule has 2 aromatic heterocycles. The predicted octanol–water partition coefficient (Wildman–Crippen LogP) is 3.13. The van der Waals surface area contributed by atoms with Crippen LogP contribution in [-0.4, -0.2) is 20.6 Å². The number of aliphatic hydroxyl groups excluding tert-OH is 1. The first kappa shape index (κ1) is 12.6. The van der Waals surface area contributed by atoms with Gasteiger partial charge in [0.15, 0.2) is 4.96 Å². The quantitative estimate of drug-likeness (QED) is 0.907. The Morgan fingerprint density at radius 2 is 2.24 bits per heavy atom. The van der Waals surface area contributed by atoms with Gasteiger partial charge in [0.2, 0.25) is 0 Å². The van der Waals surface area contributed by atoms with Crippen molar-refractivity contribution in [2.24, 2.45) is 5.41 Å².